The number of amides is 1. The van der Waals surface area contributed by atoms with Gasteiger partial charge in [0.05, 0.1) is 0 Å². The summed E-state index contributed by atoms with van der Waals surface area (Å²) in [6.45, 7) is 9.61. The summed E-state index contributed by atoms with van der Waals surface area (Å²) < 4.78 is 5.50. The van der Waals surface area contributed by atoms with Gasteiger partial charge >= 0.3 is 6.09 Å². The first-order valence-corrected chi connectivity index (χ1v) is 7.61. The highest BCUT2D eigenvalue weighted by atomic mass is 16.6. The van der Waals surface area contributed by atoms with Crippen molar-refractivity contribution >= 4 is 6.09 Å². The first-order valence-electron chi connectivity index (χ1n) is 7.61. The molecule has 4 heteroatoms. The largest absolute Gasteiger partial charge is 0.444 e. The van der Waals surface area contributed by atoms with Crippen molar-refractivity contribution in [3.63, 3.8) is 0 Å². The average molecular weight is 268 g/mol. The Bertz CT molecular complexity index is 321. The van der Waals surface area contributed by atoms with Crippen molar-refractivity contribution in [2.45, 2.75) is 71.1 Å². The van der Waals surface area contributed by atoms with E-state index in [-0.39, 0.29) is 6.09 Å². The first-order chi connectivity index (χ1) is 8.87. The van der Waals surface area contributed by atoms with E-state index >= 15 is 0 Å². The van der Waals surface area contributed by atoms with Crippen LogP contribution in [0.2, 0.25) is 0 Å². The molecule has 0 spiro atoms. The third kappa shape index (κ3) is 4.68. The minimum atomic E-state index is -0.407. The molecule has 1 N–H and O–H groups in total. The van der Waals surface area contributed by atoms with Gasteiger partial charge < -0.3 is 15.0 Å². The van der Waals surface area contributed by atoms with Crippen molar-refractivity contribution in [1.29, 1.82) is 0 Å². The van der Waals surface area contributed by atoms with Gasteiger partial charge in [0.1, 0.15) is 5.60 Å². The molecule has 1 saturated carbocycles. The molecule has 0 aromatic carbocycles. The van der Waals surface area contributed by atoms with Crippen molar-refractivity contribution in [3.05, 3.63) is 0 Å². The normalized spacial score (nSPS) is 28.3. The van der Waals surface area contributed by atoms with E-state index in [0.29, 0.717) is 18.0 Å². The maximum atomic E-state index is 12.2. The van der Waals surface area contributed by atoms with E-state index in [1.807, 2.05) is 25.7 Å². The molecule has 2 atom stereocenters. The fraction of sp³-hybridized carbons (Fsp3) is 0.933. The fourth-order valence-corrected chi connectivity index (χ4v) is 2.68. The Morgan fingerprint density at radius 1 is 1.26 bits per heavy atom. The maximum Gasteiger partial charge on any atom is 0.410 e. The first kappa shape index (κ1) is 14.6. The van der Waals surface area contributed by atoms with E-state index in [4.69, 9.17) is 4.74 Å². The van der Waals surface area contributed by atoms with Crippen LogP contribution in [0.5, 0.6) is 0 Å². The minimum Gasteiger partial charge on any atom is -0.444 e. The van der Waals surface area contributed by atoms with Gasteiger partial charge in [0.15, 0.2) is 0 Å². The number of piperidine rings is 1. The van der Waals surface area contributed by atoms with Gasteiger partial charge in [-0.05, 0) is 46.0 Å². The van der Waals surface area contributed by atoms with Crippen LogP contribution < -0.4 is 5.32 Å². The topological polar surface area (TPSA) is 41.6 Å². The van der Waals surface area contributed by atoms with E-state index in [9.17, 15) is 4.79 Å². The van der Waals surface area contributed by atoms with Gasteiger partial charge in [0, 0.05) is 25.2 Å². The molecule has 0 bridgehead atoms. The van der Waals surface area contributed by atoms with E-state index in [2.05, 4.69) is 12.2 Å². The van der Waals surface area contributed by atoms with Crippen LogP contribution >= 0.6 is 0 Å². The number of nitrogens with zero attached hydrogens (tertiary/aromatic N) is 1. The molecule has 2 fully saturated rings. The lowest BCUT2D eigenvalue weighted by molar-refractivity contribution is 0.0124. The lowest BCUT2D eigenvalue weighted by atomic mass is 9.92. The Balaban J connectivity index is 1.92. The van der Waals surface area contributed by atoms with Crippen molar-refractivity contribution in [1.82, 2.24) is 10.2 Å². The van der Waals surface area contributed by atoms with Crippen molar-refractivity contribution in [3.8, 4) is 0 Å². The number of likely N-dealkylation sites (tertiary alicyclic amines) is 1. The van der Waals surface area contributed by atoms with Crippen LogP contribution in [0.4, 0.5) is 4.79 Å². The Labute approximate surface area is 116 Å². The summed E-state index contributed by atoms with van der Waals surface area (Å²) in [6.07, 6.45) is 4.74. The van der Waals surface area contributed by atoms with Gasteiger partial charge in [-0.15, -0.1) is 0 Å². The number of carbonyl (C=O) groups is 1. The van der Waals surface area contributed by atoms with E-state index < -0.39 is 5.60 Å². The monoisotopic (exact) mass is 268 g/mol. The Morgan fingerprint density at radius 3 is 2.47 bits per heavy atom. The van der Waals surface area contributed by atoms with Crippen LogP contribution in [-0.2, 0) is 4.74 Å². The van der Waals surface area contributed by atoms with Gasteiger partial charge in [-0.3, -0.25) is 0 Å². The maximum absolute atomic E-state index is 12.2. The second kappa shape index (κ2) is 5.70. The number of ether oxygens (including phenoxy) is 1. The zero-order chi connectivity index (χ0) is 14.0. The molecule has 1 heterocycles. The SMILES string of the molecule is CCC1CC(NC2CC2)CN(C(=O)OC(C)(C)C)C1. The molecular formula is C15H28N2O2. The molecule has 19 heavy (non-hydrogen) atoms. The van der Waals surface area contributed by atoms with Crippen molar-refractivity contribution < 1.29 is 9.53 Å². The predicted octanol–water partition coefficient (Wildman–Crippen LogP) is 2.77. The highest BCUT2D eigenvalue weighted by Crippen LogP contribution is 2.26. The number of rotatable bonds is 3. The summed E-state index contributed by atoms with van der Waals surface area (Å²) in [4.78, 5) is 14.1. The highest BCUT2D eigenvalue weighted by molar-refractivity contribution is 5.68. The van der Waals surface area contributed by atoms with Crippen LogP contribution in [-0.4, -0.2) is 41.8 Å². The molecule has 1 aliphatic carbocycles. The van der Waals surface area contributed by atoms with Crippen LogP contribution in [0.15, 0.2) is 0 Å². The Hall–Kier alpha value is -0.770. The molecule has 2 aliphatic rings. The second-order valence-electron chi connectivity index (χ2n) is 7.03. The van der Waals surface area contributed by atoms with E-state index in [1.165, 1.54) is 19.3 Å². The summed E-state index contributed by atoms with van der Waals surface area (Å²) in [5.41, 5.74) is -0.407. The Kier molecular flexibility index (Phi) is 4.39. The summed E-state index contributed by atoms with van der Waals surface area (Å²) in [5.74, 6) is 0.595. The Morgan fingerprint density at radius 2 is 1.95 bits per heavy atom. The third-order valence-electron chi connectivity index (χ3n) is 3.82. The molecule has 1 aliphatic heterocycles. The van der Waals surface area contributed by atoms with E-state index in [1.54, 1.807) is 0 Å². The smallest absolute Gasteiger partial charge is 0.410 e. The highest BCUT2D eigenvalue weighted by Gasteiger charge is 2.34. The van der Waals surface area contributed by atoms with Gasteiger partial charge in [-0.2, -0.15) is 0 Å². The van der Waals surface area contributed by atoms with Crippen molar-refractivity contribution in [2.24, 2.45) is 5.92 Å². The fourth-order valence-electron chi connectivity index (χ4n) is 2.68. The molecule has 110 valence electrons. The van der Waals surface area contributed by atoms with Crippen LogP contribution in [0, 0.1) is 5.92 Å². The minimum absolute atomic E-state index is 0.159. The van der Waals surface area contributed by atoms with Crippen LogP contribution in [0.25, 0.3) is 0 Å². The lowest BCUT2D eigenvalue weighted by Gasteiger charge is -2.38. The van der Waals surface area contributed by atoms with E-state index in [0.717, 1.165) is 19.5 Å². The lowest BCUT2D eigenvalue weighted by Crippen LogP contribution is -2.52. The predicted molar refractivity (Wildman–Crippen MR) is 76.2 cm³/mol. The molecule has 0 aromatic heterocycles. The van der Waals surface area contributed by atoms with Gasteiger partial charge in [-0.25, -0.2) is 4.79 Å². The molecule has 2 unspecified atom stereocenters. The van der Waals surface area contributed by atoms with Crippen molar-refractivity contribution in [2.75, 3.05) is 13.1 Å². The summed E-state index contributed by atoms with van der Waals surface area (Å²) >= 11 is 0. The molecule has 0 radical (unpaired) electrons. The molecule has 2 rings (SSSR count). The van der Waals surface area contributed by atoms with Gasteiger partial charge in [0.2, 0.25) is 0 Å². The molecule has 0 aromatic rings. The average Bonchev–Trinajstić information content (AvgIpc) is 3.10. The summed E-state index contributed by atoms with van der Waals surface area (Å²) in [5, 5.41) is 3.66. The molecule has 4 nitrogen and oxygen atoms in total. The molecular weight excluding hydrogens is 240 g/mol. The summed E-state index contributed by atoms with van der Waals surface area (Å²) in [7, 11) is 0. The number of carbonyl (C=O) groups excluding carboxylic acids is 1. The molecule has 1 amide bonds. The van der Waals surface area contributed by atoms with Crippen LogP contribution in [0.1, 0.15) is 53.4 Å². The standard InChI is InChI=1S/C15H28N2O2/c1-5-11-8-13(16-12-6-7-12)10-17(9-11)14(18)19-15(2,3)4/h11-13,16H,5-10H2,1-4H3. The molecule has 1 saturated heterocycles. The zero-order valence-electron chi connectivity index (χ0n) is 12.7. The number of hydrogen-bond donors (Lipinski definition) is 1. The number of hydrogen-bond acceptors (Lipinski definition) is 3. The van der Waals surface area contributed by atoms with Crippen LogP contribution in [0.3, 0.4) is 0 Å². The summed E-state index contributed by atoms with van der Waals surface area (Å²) in [6, 6.07) is 1.14. The van der Waals surface area contributed by atoms with Gasteiger partial charge in [0.25, 0.3) is 0 Å². The quantitative estimate of drug-likeness (QED) is 0.855. The number of nitrogens with one attached hydrogen (secondary N) is 1. The second-order valence-corrected chi connectivity index (χ2v) is 7.03. The third-order valence-corrected chi connectivity index (χ3v) is 3.82. The van der Waals surface area contributed by atoms with Gasteiger partial charge in [-0.1, -0.05) is 13.3 Å². The zero-order valence-corrected chi connectivity index (χ0v) is 12.7.